The first-order chi connectivity index (χ1) is 19.1. The van der Waals surface area contributed by atoms with Crippen molar-refractivity contribution >= 4 is 27.5 Å². The molecule has 8 nitrogen and oxygen atoms in total. The summed E-state index contributed by atoms with van der Waals surface area (Å²) in [5.41, 5.74) is 2.17. The van der Waals surface area contributed by atoms with E-state index in [1.54, 1.807) is 42.5 Å². The van der Waals surface area contributed by atoms with E-state index in [9.17, 15) is 18.0 Å². The molecule has 0 spiro atoms. The lowest BCUT2D eigenvalue weighted by atomic mass is 10.1. The standard InChI is InChI=1S/C31H39N3O5S/c1-6-24(4)32-31(36)29(7-2)33(21-25-14-12-11-13-23(25)3)30(35)22-34(26-17-19-27(39-5)20-18-26)40(37,38)28-15-9-8-10-16-28/h8-20,24,29H,6-7,21-22H2,1-5H3,(H,32,36)/t24-,29-/m1/s1. The minimum atomic E-state index is -4.11. The molecule has 0 unspecified atom stereocenters. The molecule has 0 fully saturated rings. The maximum absolute atomic E-state index is 14.1. The molecule has 214 valence electrons. The Morgan fingerprint density at radius 1 is 0.900 bits per heavy atom. The van der Waals surface area contributed by atoms with E-state index in [1.165, 1.54) is 24.1 Å². The highest BCUT2D eigenvalue weighted by Gasteiger charge is 2.34. The first-order valence-electron chi connectivity index (χ1n) is 13.5. The fourth-order valence-corrected chi connectivity index (χ4v) is 5.76. The van der Waals surface area contributed by atoms with Gasteiger partial charge in [0.15, 0.2) is 0 Å². The number of carbonyl (C=O) groups excluding carboxylic acids is 2. The Labute approximate surface area is 238 Å². The second kappa shape index (κ2) is 14.0. The molecule has 0 aliphatic rings. The number of rotatable bonds is 13. The molecule has 0 aliphatic carbocycles. The molecule has 0 aromatic heterocycles. The van der Waals surface area contributed by atoms with Crippen molar-refractivity contribution in [2.45, 2.75) is 64.1 Å². The summed E-state index contributed by atoms with van der Waals surface area (Å²) in [6.07, 6.45) is 1.11. The molecule has 2 atom stereocenters. The Bertz CT molecular complexity index is 1380. The molecule has 0 aliphatic heterocycles. The summed E-state index contributed by atoms with van der Waals surface area (Å²) in [6.45, 7) is 7.37. The van der Waals surface area contributed by atoms with Crippen LogP contribution in [0.3, 0.4) is 0 Å². The maximum Gasteiger partial charge on any atom is 0.264 e. The first kappa shape index (κ1) is 30.7. The average Bonchev–Trinajstić information content (AvgIpc) is 2.97. The lowest BCUT2D eigenvalue weighted by Crippen LogP contribution is -2.53. The quantitative estimate of drug-likeness (QED) is 0.317. The number of anilines is 1. The van der Waals surface area contributed by atoms with Crippen LogP contribution in [0.5, 0.6) is 5.75 Å². The maximum atomic E-state index is 14.1. The molecule has 0 radical (unpaired) electrons. The summed E-state index contributed by atoms with van der Waals surface area (Å²) >= 11 is 0. The number of methoxy groups -OCH3 is 1. The van der Waals surface area contributed by atoms with Gasteiger partial charge in [-0.1, -0.05) is 56.3 Å². The number of hydrogen-bond donors (Lipinski definition) is 1. The number of carbonyl (C=O) groups is 2. The number of nitrogens with zero attached hydrogens (tertiary/aromatic N) is 2. The predicted octanol–water partition coefficient (Wildman–Crippen LogP) is 4.92. The van der Waals surface area contributed by atoms with Crippen LogP contribution < -0.4 is 14.4 Å². The normalized spacial score (nSPS) is 12.7. The molecule has 3 aromatic rings. The van der Waals surface area contributed by atoms with Crippen LogP contribution in [0.15, 0.2) is 83.8 Å². The van der Waals surface area contributed by atoms with Gasteiger partial charge < -0.3 is 15.0 Å². The van der Waals surface area contributed by atoms with Crippen LogP contribution in [-0.2, 0) is 26.2 Å². The molecular weight excluding hydrogens is 526 g/mol. The zero-order valence-electron chi connectivity index (χ0n) is 23.8. The van der Waals surface area contributed by atoms with Gasteiger partial charge >= 0.3 is 0 Å². The van der Waals surface area contributed by atoms with Gasteiger partial charge in [0, 0.05) is 12.6 Å². The fraction of sp³-hybridized carbons (Fsp3) is 0.355. The van der Waals surface area contributed by atoms with E-state index in [2.05, 4.69) is 5.32 Å². The smallest absolute Gasteiger partial charge is 0.264 e. The summed E-state index contributed by atoms with van der Waals surface area (Å²) in [5.74, 6) is -0.188. The lowest BCUT2D eigenvalue weighted by molar-refractivity contribution is -0.140. The van der Waals surface area contributed by atoms with E-state index in [4.69, 9.17) is 4.74 Å². The van der Waals surface area contributed by atoms with Gasteiger partial charge in [-0.15, -0.1) is 0 Å². The molecular formula is C31H39N3O5S. The predicted molar refractivity (Wildman–Crippen MR) is 158 cm³/mol. The fourth-order valence-electron chi connectivity index (χ4n) is 4.33. The van der Waals surface area contributed by atoms with E-state index in [0.717, 1.165) is 21.9 Å². The molecule has 0 bridgehead atoms. The Morgan fingerprint density at radius 3 is 2.10 bits per heavy atom. The van der Waals surface area contributed by atoms with Gasteiger partial charge in [-0.05, 0) is 74.2 Å². The monoisotopic (exact) mass is 565 g/mol. The summed E-state index contributed by atoms with van der Waals surface area (Å²) < 4.78 is 34.1. The van der Waals surface area contributed by atoms with Crippen LogP contribution >= 0.6 is 0 Å². The van der Waals surface area contributed by atoms with Crippen molar-refractivity contribution in [3.05, 3.63) is 90.0 Å². The molecule has 3 rings (SSSR count). The van der Waals surface area contributed by atoms with E-state index < -0.39 is 28.5 Å². The van der Waals surface area contributed by atoms with Gasteiger partial charge in [-0.3, -0.25) is 13.9 Å². The number of ether oxygens (including phenoxy) is 1. The zero-order chi connectivity index (χ0) is 29.3. The van der Waals surface area contributed by atoms with E-state index in [1.807, 2.05) is 52.0 Å². The third-order valence-electron chi connectivity index (χ3n) is 6.96. The summed E-state index contributed by atoms with van der Waals surface area (Å²) in [7, 11) is -2.59. The molecule has 9 heteroatoms. The van der Waals surface area contributed by atoms with Gasteiger partial charge in [-0.25, -0.2) is 8.42 Å². The summed E-state index contributed by atoms with van der Waals surface area (Å²) in [5, 5.41) is 2.99. The third kappa shape index (κ3) is 7.41. The highest BCUT2D eigenvalue weighted by molar-refractivity contribution is 7.92. The van der Waals surface area contributed by atoms with Crippen molar-refractivity contribution in [2.24, 2.45) is 0 Å². The number of hydrogen-bond acceptors (Lipinski definition) is 5. The van der Waals surface area contributed by atoms with Gasteiger partial charge in [0.1, 0.15) is 18.3 Å². The van der Waals surface area contributed by atoms with Crippen molar-refractivity contribution in [1.82, 2.24) is 10.2 Å². The first-order valence-corrected chi connectivity index (χ1v) is 14.9. The van der Waals surface area contributed by atoms with E-state index >= 15 is 0 Å². The largest absolute Gasteiger partial charge is 0.497 e. The molecule has 3 aromatic carbocycles. The number of nitrogens with one attached hydrogen (secondary N) is 1. The Morgan fingerprint density at radius 2 is 1.52 bits per heavy atom. The van der Waals surface area contributed by atoms with Crippen LogP contribution in [0.4, 0.5) is 5.69 Å². The highest BCUT2D eigenvalue weighted by atomic mass is 32.2. The SMILES string of the molecule is CC[C@@H](C)NC(=O)[C@@H](CC)N(Cc1ccccc1C)C(=O)CN(c1ccc(OC)cc1)S(=O)(=O)c1ccccc1. The Balaban J connectivity index is 2.06. The van der Waals surface area contributed by atoms with Gasteiger partial charge in [-0.2, -0.15) is 0 Å². The van der Waals surface area contributed by atoms with Crippen LogP contribution in [0.25, 0.3) is 0 Å². The van der Waals surface area contributed by atoms with Crippen LogP contribution in [0.2, 0.25) is 0 Å². The van der Waals surface area contributed by atoms with Crippen LogP contribution in [0.1, 0.15) is 44.7 Å². The minimum Gasteiger partial charge on any atom is -0.497 e. The molecule has 0 saturated heterocycles. The minimum absolute atomic E-state index is 0.0608. The van der Waals surface area contributed by atoms with Crippen molar-refractivity contribution in [1.29, 1.82) is 0 Å². The van der Waals surface area contributed by atoms with E-state index in [-0.39, 0.29) is 23.4 Å². The van der Waals surface area contributed by atoms with Crippen LogP contribution in [-0.4, -0.2) is 50.9 Å². The lowest BCUT2D eigenvalue weighted by Gasteiger charge is -2.34. The third-order valence-corrected chi connectivity index (χ3v) is 8.75. The topological polar surface area (TPSA) is 96.0 Å². The van der Waals surface area contributed by atoms with Crippen molar-refractivity contribution in [2.75, 3.05) is 18.0 Å². The van der Waals surface area contributed by atoms with E-state index in [0.29, 0.717) is 17.9 Å². The molecule has 0 saturated carbocycles. The van der Waals surface area contributed by atoms with Gasteiger partial charge in [0.25, 0.3) is 10.0 Å². The van der Waals surface area contributed by atoms with Crippen molar-refractivity contribution in [3.63, 3.8) is 0 Å². The number of benzene rings is 3. The van der Waals surface area contributed by atoms with Gasteiger partial charge in [0.05, 0.1) is 17.7 Å². The number of amides is 2. The van der Waals surface area contributed by atoms with Crippen molar-refractivity contribution < 1.29 is 22.7 Å². The number of aryl methyl sites for hydroxylation is 1. The second-order valence-corrected chi connectivity index (χ2v) is 11.6. The van der Waals surface area contributed by atoms with Gasteiger partial charge in [0.2, 0.25) is 11.8 Å². The second-order valence-electron chi connectivity index (χ2n) is 9.71. The molecule has 2 amide bonds. The summed E-state index contributed by atoms with van der Waals surface area (Å²) in [6, 6.07) is 21.3. The number of sulfonamides is 1. The zero-order valence-corrected chi connectivity index (χ0v) is 24.6. The molecule has 1 N–H and O–H groups in total. The average molecular weight is 566 g/mol. The van der Waals surface area contributed by atoms with Crippen LogP contribution in [0, 0.1) is 6.92 Å². The summed E-state index contributed by atoms with van der Waals surface area (Å²) in [4.78, 5) is 29.0. The molecule has 0 heterocycles. The Hall–Kier alpha value is -3.85. The molecule has 40 heavy (non-hydrogen) atoms. The Kier molecular flexibility index (Phi) is 10.7. The highest BCUT2D eigenvalue weighted by Crippen LogP contribution is 2.27. The van der Waals surface area contributed by atoms with Crippen molar-refractivity contribution in [3.8, 4) is 5.75 Å².